The van der Waals surface area contributed by atoms with E-state index in [1.54, 1.807) is 12.1 Å². The van der Waals surface area contributed by atoms with Crippen LogP contribution in [0.4, 0.5) is 0 Å². The second-order valence-electron chi connectivity index (χ2n) is 10.0. The van der Waals surface area contributed by atoms with E-state index in [1.165, 1.54) is 22.3 Å². The third kappa shape index (κ3) is 3.49. The molecule has 0 saturated carbocycles. The van der Waals surface area contributed by atoms with E-state index in [0.717, 1.165) is 33.4 Å². The summed E-state index contributed by atoms with van der Waals surface area (Å²) in [6.07, 6.45) is 0. The van der Waals surface area contributed by atoms with Crippen molar-refractivity contribution in [3.8, 4) is 44.9 Å². The lowest BCUT2D eigenvalue weighted by molar-refractivity contribution is 0.475. The molecule has 7 rings (SSSR count). The molecule has 0 amide bonds. The van der Waals surface area contributed by atoms with Gasteiger partial charge in [0.25, 0.3) is 0 Å². The highest BCUT2D eigenvalue weighted by Crippen LogP contribution is 2.59. The fourth-order valence-corrected chi connectivity index (χ4v) is 6.39. The van der Waals surface area contributed by atoms with Crippen LogP contribution in [0.25, 0.3) is 33.4 Å². The Morgan fingerprint density at radius 1 is 0.333 bits per heavy atom. The Morgan fingerprint density at radius 3 is 1.13 bits per heavy atom. The predicted octanol–water partition coefficient (Wildman–Crippen LogP) is 8.79. The maximum Gasteiger partial charge on any atom is 0.116 e. The van der Waals surface area contributed by atoms with Gasteiger partial charge in [-0.05, 0) is 79.9 Å². The maximum atomic E-state index is 10.7. The molecule has 0 aliphatic heterocycles. The standard InChI is InChI=1S/C37H26O2/c38-27-19-21-35(31(23-27)25-11-3-1-4-12-25)37(33-17-9-7-15-29(33)30-16-8-10-18-34(30)37)36-22-20-28(39)24-32(36)26-13-5-2-6-14-26/h1-24,38-39H. The molecule has 0 fully saturated rings. The summed E-state index contributed by atoms with van der Waals surface area (Å²) in [5, 5.41) is 21.4. The zero-order chi connectivity index (χ0) is 26.4. The zero-order valence-corrected chi connectivity index (χ0v) is 21.3. The molecule has 6 aromatic carbocycles. The Morgan fingerprint density at radius 2 is 0.692 bits per heavy atom. The molecule has 0 heterocycles. The van der Waals surface area contributed by atoms with Crippen molar-refractivity contribution >= 4 is 0 Å². The second-order valence-corrected chi connectivity index (χ2v) is 10.0. The van der Waals surface area contributed by atoms with Gasteiger partial charge in [-0.15, -0.1) is 0 Å². The summed E-state index contributed by atoms with van der Waals surface area (Å²) in [5.41, 5.74) is 10.2. The smallest absolute Gasteiger partial charge is 0.116 e. The van der Waals surface area contributed by atoms with Crippen LogP contribution in [0.5, 0.6) is 11.5 Å². The number of phenolic OH excluding ortho intramolecular Hbond substituents is 2. The maximum absolute atomic E-state index is 10.7. The Bertz CT molecular complexity index is 1680. The average molecular weight is 503 g/mol. The molecule has 0 unspecified atom stereocenters. The largest absolute Gasteiger partial charge is 0.508 e. The summed E-state index contributed by atoms with van der Waals surface area (Å²) >= 11 is 0. The Balaban J connectivity index is 1.69. The summed E-state index contributed by atoms with van der Waals surface area (Å²) in [6, 6.07) is 49.2. The van der Waals surface area contributed by atoms with Crippen molar-refractivity contribution in [1.29, 1.82) is 0 Å². The van der Waals surface area contributed by atoms with Gasteiger partial charge in [-0.3, -0.25) is 0 Å². The molecule has 39 heavy (non-hydrogen) atoms. The second kappa shape index (κ2) is 9.04. The Kier molecular flexibility index (Phi) is 5.35. The van der Waals surface area contributed by atoms with E-state index in [-0.39, 0.29) is 11.5 Å². The molecule has 0 bridgehead atoms. The molecule has 2 heteroatoms. The van der Waals surface area contributed by atoms with E-state index in [1.807, 2.05) is 48.5 Å². The summed E-state index contributed by atoms with van der Waals surface area (Å²) < 4.78 is 0. The molecular formula is C37H26O2. The van der Waals surface area contributed by atoms with Gasteiger partial charge in [0.2, 0.25) is 0 Å². The molecule has 2 N–H and O–H groups in total. The van der Waals surface area contributed by atoms with Gasteiger partial charge in [0.15, 0.2) is 0 Å². The fourth-order valence-electron chi connectivity index (χ4n) is 6.39. The molecular weight excluding hydrogens is 476 g/mol. The van der Waals surface area contributed by atoms with Gasteiger partial charge in [0, 0.05) is 0 Å². The molecule has 1 aliphatic rings. The fraction of sp³-hybridized carbons (Fsp3) is 0.0270. The van der Waals surface area contributed by atoms with Crippen LogP contribution in [0.3, 0.4) is 0 Å². The predicted molar refractivity (Wildman–Crippen MR) is 158 cm³/mol. The normalized spacial score (nSPS) is 13.0. The average Bonchev–Trinajstić information content (AvgIpc) is 3.29. The van der Waals surface area contributed by atoms with Gasteiger partial charge < -0.3 is 10.2 Å². The van der Waals surface area contributed by atoms with Crippen molar-refractivity contribution in [3.63, 3.8) is 0 Å². The van der Waals surface area contributed by atoms with Gasteiger partial charge in [-0.2, -0.15) is 0 Å². The number of hydrogen-bond donors (Lipinski definition) is 2. The van der Waals surface area contributed by atoms with Crippen LogP contribution in [0.15, 0.2) is 146 Å². The Labute approximate surface area is 228 Å². The highest BCUT2D eigenvalue weighted by Gasteiger charge is 2.48. The van der Waals surface area contributed by atoms with Crippen LogP contribution >= 0.6 is 0 Å². The summed E-state index contributed by atoms with van der Waals surface area (Å²) in [6.45, 7) is 0. The first-order chi connectivity index (χ1) is 19.2. The van der Waals surface area contributed by atoms with E-state index in [4.69, 9.17) is 0 Å². The molecule has 6 aromatic rings. The quantitative estimate of drug-likeness (QED) is 0.252. The van der Waals surface area contributed by atoms with Crippen molar-refractivity contribution in [3.05, 3.63) is 168 Å². The molecule has 0 spiro atoms. The third-order valence-corrected chi connectivity index (χ3v) is 7.94. The van der Waals surface area contributed by atoms with Crippen LogP contribution < -0.4 is 0 Å². The molecule has 1 aliphatic carbocycles. The lowest BCUT2D eigenvalue weighted by Crippen LogP contribution is -2.30. The number of rotatable bonds is 4. The van der Waals surface area contributed by atoms with Gasteiger partial charge in [0.1, 0.15) is 11.5 Å². The van der Waals surface area contributed by atoms with Crippen LogP contribution in [-0.4, -0.2) is 10.2 Å². The van der Waals surface area contributed by atoms with Crippen molar-refractivity contribution in [1.82, 2.24) is 0 Å². The van der Waals surface area contributed by atoms with Crippen LogP contribution in [0.1, 0.15) is 22.3 Å². The molecule has 0 saturated heterocycles. The minimum Gasteiger partial charge on any atom is -0.508 e. The van der Waals surface area contributed by atoms with E-state index >= 15 is 0 Å². The summed E-state index contributed by atoms with van der Waals surface area (Å²) in [5.74, 6) is 0.447. The zero-order valence-electron chi connectivity index (χ0n) is 21.3. The van der Waals surface area contributed by atoms with E-state index in [0.29, 0.717) is 0 Å². The number of aromatic hydroxyl groups is 2. The van der Waals surface area contributed by atoms with Gasteiger partial charge in [0.05, 0.1) is 5.41 Å². The lowest BCUT2D eigenvalue weighted by atomic mass is 9.64. The van der Waals surface area contributed by atoms with Gasteiger partial charge in [-0.1, -0.05) is 121 Å². The molecule has 0 radical (unpaired) electrons. The van der Waals surface area contributed by atoms with Crippen molar-refractivity contribution < 1.29 is 10.2 Å². The first-order valence-electron chi connectivity index (χ1n) is 13.1. The van der Waals surface area contributed by atoms with E-state index in [9.17, 15) is 10.2 Å². The first kappa shape index (κ1) is 23.1. The monoisotopic (exact) mass is 502 g/mol. The summed E-state index contributed by atoms with van der Waals surface area (Å²) in [4.78, 5) is 0. The molecule has 2 nitrogen and oxygen atoms in total. The minimum absolute atomic E-state index is 0.223. The van der Waals surface area contributed by atoms with Crippen LogP contribution in [0.2, 0.25) is 0 Å². The van der Waals surface area contributed by atoms with E-state index in [2.05, 4.69) is 84.9 Å². The molecule has 186 valence electrons. The van der Waals surface area contributed by atoms with Crippen LogP contribution in [0, 0.1) is 0 Å². The lowest BCUT2D eigenvalue weighted by Gasteiger charge is -2.37. The van der Waals surface area contributed by atoms with Crippen molar-refractivity contribution in [2.75, 3.05) is 0 Å². The number of phenols is 2. The highest BCUT2D eigenvalue weighted by atomic mass is 16.3. The molecule has 0 aromatic heterocycles. The number of fused-ring (bicyclic) bond motifs is 3. The first-order valence-corrected chi connectivity index (χ1v) is 13.1. The number of benzene rings is 6. The van der Waals surface area contributed by atoms with Crippen LogP contribution in [-0.2, 0) is 5.41 Å². The number of hydrogen-bond acceptors (Lipinski definition) is 2. The van der Waals surface area contributed by atoms with E-state index < -0.39 is 5.41 Å². The van der Waals surface area contributed by atoms with Gasteiger partial charge in [-0.25, -0.2) is 0 Å². The van der Waals surface area contributed by atoms with Gasteiger partial charge >= 0.3 is 0 Å². The van der Waals surface area contributed by atoms with Crippen molar-refractivity contribution in [2.45, 2.75) is 5.41 Å². The third-order valence-electron chi connectivity index (χ3n) is 7.94. The summed E-state index contributed by atoms with van der Waals surface area (Å²) in [7, 11) is 0. The van der Waals surface area contributed by atoms with Crippen molar-refractivity contribution in [2.24, 2.45) is 0 Å². The Hall–Kier alpha value is -5.08. The topological polar surface area (TPSA) is 40.5 Å². The molecule has 0 atom stereocenters. The highest BCUT2D eigenvalue weighted by molar-refractivity contribution is 5.91. The SMILES string of the molecule is Oc1ccc(C2(c3ccc(O)cc3-c3ccccc3)c3ccccc3-c3ccccc32)c(-c2ccccc2)c1. The minimum atomic E-state index is -0.703.